The molecule has 27 heavy (non-hydrogen) atoms. The van der Waals surface area contributed by atoms with Gasteiger partial charge in [0.25, 0.3) is 0 Å². The Hall–Kier alpha value is -1.56. The number of pyridine rings is 1. The van der Waals surface area contributed by atoms with Crippen LogP contribution in [0.2, 0.25) is 0 Å². The van der Waals surface area contributed by atoms with E-state index in [-0.39, 0.29) is 0 Å². The minimum atomic E-state index is 0.892. The van der Waals surface area contributed by atoms with Gasteiger partial charge in [0.15, 0.2) is 0 Å². The summed E-state index contributed by atoms with van der Waals surface area (Å²) in [6.45, 7) is 11.9. The van der Waals surface area contributed by atoms with Crippen LogP contribution in [0.5, 0.6) is 0 Å². The Labute approximate surface area is 168 Å². The van der Waals surface area contributed by atoms with Crippen molar-refractivity contribution in [1.82, 2.24) is 15.2 Å². The zero-order valence-electron chi connectivity index (χ0n) is 16.7. The van der Waals surface area contributed by atoms with Crippen LogP contribution >= 0.6 is 12.2 Å². The number of benzene rings is 1. The van der Waals surface area contributed by atoms with Gasteiger partial charge in [0, 0.05) is 38.0 Å². The summed E-state index contributed by atoms with van der Waals surface area (Å²) in [5.74, 6) is 1.09. The molecule has 2 aromatic rings. The van der Waals surface area contributed by atoms with E-state index in [4.69, 9.17) is 17.2 Å². The van der Waals surface area contributed by atoms with Crippen molar-refractivity contribution in [3.8, 4) is 0 Å². The Bertz CT molecular complexity index is 751. The van der Waals surface area contributed by atoms with Crippen molar-refractivity contribution in [2.24, 2.45) is 0 Å². The Kier molecular flexibility index (Phi) is 7.56. The molecule has 0 bridgehead atoms. The Morgan fingerprint density at radius 2 is 1.93 bits per heavy atom. The lowest BCUT2D eigenvalue weighted by Crippen LogP contribution is -2.43. The van der Waals surface area contributed by atoms with E-state index in [1.807, 2.05) is 0 Å². The minimum absolute atomic E-state index is 0.892. The minimum Gasteiger partial charge on any atom is -0.354 e. The molecule has 1 aromatic heterocycles. The van der Waals surface area contributed by atoms with Crippen LogP contribution in [0.4, 0.5) is 5.82 Å². The van der Waals surface area contributed by atoms with Crippen LogP contribution in [0.1, 0.15) is 32.3 Å². The number of aromatic nitrogens is 1. The average molecular weight is 385 g/mol. The lowest BCUT2D eigenvalue weighted by atomic mass is 10.0. The number of rotatable bonds is 9. The highest BCUT2D eigenvalue weighted by Gasteiger charge is 2.12. The van der Waals surface area contributed by atoms with Gasteiger partial charge in [-0.25, -0.2) is 4.98 Å². The van der Waals surface area contributed by atoms with E-state index in [2.05, 4.69) is 59.3 Å². The van der Waals surface area contributed by atoms with Crippen molar-refractivity contribution in [3.05, 3.63) is 35.9 Å². The maximum absolute atomic E-state index is 5.64. The van der Waals surface area contributed by atoms with Crippen LogP contribution in [0.15, 0.2) is 30.3 Å². The van der Waals surface area contributed by atoms with Gasteiger partial charge in [-0.15, -0.1) is 0 Å². The lowest BCUT2D eigenvalue weighted by Gasteiger charge is -2.28. The van der Waals surface area contributed by atoms with E-state index >= 15 is 0 Å². The number of nitrogens with zero attached hydrogens (tertiary/aromatic N) is 3. The number of thiocarbonyl (C=S) groups is 1. The first kappa shape index (κ1) is 20.2. The zero-order valence-corrected chi connectivity index (χ0v) is 17.5. The van der Waals surface area contributed by atoms with E-state index in [0.717, 1.165) is 81.3 Å². The molecule has 0 atom stereocenters. The lowest BCUT2D eigenvalue weighted by molar-refractivity contribution is 0.302. The normalized spacial score (nSPS) is 14.9. The molecule has 1 saturated heterocycles. The van der Waals surface area contributed by atoms with E-state index in [1.165, 1.54) is 10.9 Å². The molecule has 4 nitrogen and oxygen atoms in total. The smallest absolute Gasteiger partial charge is 0.129 e. The fraction of sp³-hybridized carbons (Fsp3) is 0.545. The first-order chi connectivity index (χ1) is 13.2. The van der Waals surface area contributed by atoms with Gasteiger partial charge in [0.2, 0.25) is 0 Å². The van der Waals surface area contributed by atoms with Crippen molar-refractivity contribution in [2.75, 3.05) is 50.7 Å². The summed E-state index contributed by atoms with van der Waals surface area (Å²) in [5, 5.41) is 4.60. The standard InChI is InChI=1S/C22H32N4S/c1-3-25(4-2)13-5-6-20(27)17-18-7-9-21-19(16-18)8-10-22(24-21)26-14-11-23-12-15-26/h7-10,16,23H,3-6,11-15,17H2,1-2H3. The molecule has 0 amide bonds. The maximum Gasteiger partial charge on any atom is 0.129 e. The van der Waals surface area contributed by atoms with Crippen molar-refractivity contribution < 1.29 is 0 Å². The topological polar surface area (TPSA) is 31.4 Å². The molecule has 0 spiro atoms. The SMILES string of the molecule is CCN(CC)CCCC(=S)Cc1ccc2nc(N3CCNCC3)ccc2c1. The molecule has 1 fully saturated rings. The monoisotopic (exact) mass is 384 g/mol. The van der Waals surface area contributed by atoms with Crippen LogP contribution < -0.4 is 10.2 Å². The summed E-state index contributed by atoms with van der Waals surface area (Å²) in [6, 6.07) is 10.9. The van der Waals surface area contributed by atoms with Gasteiger partial charge < -0.3 is 15.1 Å². The fourth-order valence-electron chi connectivity index (χ4n) is 3.70. The fourth-order valence-corrected chi connectivity index (χ4v) is 4.01. The van der Waals surface area contributed by atoms with Gasteiger partial charge in [0.05, 0.1) is 5.52 Å². The molecule has 1 aliphatic rings. The number of fused-ring (bicyclic) bond motifs is 1. The Morgan fingerprint density at radius 3 is 2.67 bits per heavy atom. The van der Waals surface area contributed by atoms with E-state index in [1.54, 1.807) is 0 Å². The van der Waals surface area contributed by atoms with Crippen LogP contribution in [0, 0.1) is 0 Å². The second-order valence-electron chi connectivity index (χ2n) is 7.28. The second-order valence-corrected chi connectivity index (χ2v) is 7.86. The highest BCUT2D eigenvalue weighted by molar-refractivity contribution is 7.80. The van der Waals surface area contributed by atoms with Crippen molar-refractivity contribution in [1.29, 1.82) is 0 Å². The summed E-state index contributed by atoms with van der Waals surface area (Å²) in [5.41, 5.74) is 2.37. The highest BCUT2D eigenvalue weighted by Crippen LogP contribution is 2.20. The third-order valence-electron chi connectivity index (χ3n) is 5.41. The number of hydrogen-bond donors (Lipinski definition) is 1. The van der Waals surface area contributed by atoms with Gasteiger partial charge in [-0.2, -0.15) is 0 Å². The third-order valence-corrected chi connectivity index (χ3v) is 5.75. The predicted octanol–water partition coefficient (Wildman–Crippen LogP) is 3.68. The quantitative estimate of drug-likeness (QED) is 0.667. The molecular formula is C22H32N4S. The van der Waals surface area contributed by atoms with Crippen LogP contribution in [0.3, 0.4) is 0 Å². The summed E-state index contributed by atoms with van der Waals surface area (Å²) in [4.78, 5) is 10.8. The van der Waals surface area contributed by atoms with Crippen molar-refractivity contribution >= 4 is 33.8 Å². The van der Waals surface area contributed by atoms with Crippen molar-refractivity contribution in [3.63, 3.8) is 0 Å². The number of piperazine rings is 1. The maximum atomic E-state index is 5.64. The van der Waals surface area contributed by atoms with Gasteiger partial charge in [-0.05, 0) is 67.2 Å². The molecule has 2 heterocycles. The van der Waals surface area contributed by atoms with E-state index in [9.17, 15) is 0 Å². The third kappa shape index (κ3) is 5.71. The van der Waals surface area contributed by atoms with Gasteiger partial charge in [0.1, 0.15) is 5.82 Å². The van der Waals surface area contributed by atoms with Gasteiger partial charge >= 0.3 is 0 Å². The molecule has 0 unspecified atom stereocenters. The molecule has 3 rings (SSSR count). The molecular weight excluding hydrogens is 352 g/mol. The Morgan fingerprint density at radius 1 is 1.15 bits per heavy atom. The van der Waals surface area contributed by atoms with Gasteiger partial charge in [-0.3, -0.25) is 0 Å². The largest absolute Gasteiger partial charge is 0.354 e. The molecule has 1 aromatic carbocycles. The average Bonchev–Trinajstić information content (AvgIpc) is 2.71. The molecule has 5 heteroatoms. The Balaban J connectivity index is 1.58. The van der Waals surface area contributed by atoms with E-state index in [0.29, 0.717) is 0 Å². The molecule has 146 valence electrons. The molecule has 1 N–H and O–H groups in total. The molecule has 0 radical (unpaired) electrons. The summed E-state index contributed by atoms with van der Waals surface area (Å²) in [7, 11) is 0. The van der Waals surface area contributed by atoms with Gasteiger partial charge in [-0.1, -0.05) is 32.1 Å². The zero-order chi connectivity index (χ0) is 19.1. The summed E-state index contributed by atoms with van der Waals surface area (Å²) >= 11 is 5.64. The molecule has 1 aliphatic heterocycles. The number of anilines is 1. The number of nitrogens with one attached hydrogen (secondary N) is 1. The number of hydrogen-bond acceptors (Lipinski definition) is 5. The second kappa shape index (κ2) is 10.1. The van der Waals surface area contributed by atoms with E-state index < -0.39 is 0 Å². The summed E-state index contributed by atoms with van der Waals surface area (Å²) < 4.78 is 0. The van der Waals surface area contributed by atoms with Crippen LogP contribution in [-0.2, 0) is 6.42 Å². The van der Waals surface area contributed by atoms with Crippen molar-refractivity contribution in [2.45, 2.75) is 33.1 Å². The molecule has 0 saturated carbocycles. The first-order valence-corrected chi connectivity index (χ1v) is 10.7. The molecule has 0 aliphatic carbocycles. The summed E-state index contributed by atoms with van der Waals surface area (Å²) in [6.07, 6.45) is 3.08. The van der Waals surface area contributed by atoms with Crippen LogP contribution in [0.25, 0.3) is 10.9 Å². The highest BCUT2D eigenvalue weighted by atomic mass is 32.1. The first-order valence-electron chi connectivity index (χ1n) is 10.3. The van der Waals surface area contributed by atoms with Crippen LogP contribution in [-0.4, -0.2) is 60.6 Å². The predicted molar refractivity (Wildman–Crippen MR) is 120 cm³/mol.